The summed E-state index contributed by atoms with van der Waals surface area (Å²) in [5.41, 5.74) is 5.18. The summed E-state index contributed by atoms with van der Waals surface area (Å²) in [6.45, 7) is 1.49. The first kappa shape index (κ1) is 22.1. The third-order valence-corrected chi connectivity index (χ3v) is 5.45. The van der Waals surface area contributed by atoms with Crippen LogP contribution < -0.4 is 15.8 Å². The van der Waals surface area contributed by atoms with E-state index in [1.165, 1.54) is 37.3 Å². The summed E-state index contributed by atoms with van der Waals surface area (Å²) >= 11 is 0. The lowest BCUT2D eigenvalue weighted by Gasteiger charge is -2.10. The van der Waals surface area contributed by atoms with Gasteiger partial charge in [0.15, 0.2) is 0 Å². The quantitative estimate of drug-likeness (QED) is 0.432. The molecule has 3 aromatic rings. The molecule has 0 saturated heterocycles. The van der Waals surface area contributed by atoms with Crippen molar-refractivity contribution < 1.29 is 26.4 Å². The lowest BCUT2D eigenvalue weighted by atomic mass is 10.1. The van der Waals surface area contributed by atoms with Crippen molar-refractivity contribution in [3.63, 3.8) is 0 Å². The van der Waals surface area contributed by atoms with E-state index >= 15 is 0 Å². The Hall–Kier alpha value is -3.61. The van der Waals surface area contributed by atoms with Gasteiger partial charge in [-0.05, 0) is 31.2 Å². The van der Waals surface area contributed by atoms with Crippen LogP contribution in [0.1, 0.15) is 23.0 Å². The molecule has 0 aliphatic carbocycles. The van der Waals surface area contributed by atoms with Crippen LogP contribution in [0.4, 0.5) is 30.4 Å². The number of benzene rings is 1. The summed E-state index contributed by atoms with van der Waals surface area (Å²) in [6, 6.07) is 8.07. The van der Waals surface area contributed by atoms with Crippen LogP contribution in [0.25, 0.3) is 11.3 Å². The number of pyridine rings is 1. The molecule has 2 aromatic heterocycles. The highest BCUT2D eigenvalue weighted by atomic mass is 32.2. The molecule has 0 aliphatic heterocycles. The minimum absolute atomic E-state index is 0.00223. The van der Waals surface area contributed by atoms with Crippen molar-refractivity contribution in [3.05, 3.63) is 53.9 Å². The Morgan fingerprint density at radius 1 is 1.16 bits per heavy atom. The van der Waals surface area contributed by atoms with Gasteiger partial charge in [-0.2, -0.15) is 18.3 Å². The second-order valence-corrected chi connectivity index (χ2v) is 8.33. The summed E-state index contributed by atoms with van der Waals surface area (Å²) in [5, 5.41) is 9.23. The Bertz CT molecular complexity index is 1210. The number of alkyl halides is 3. The van der Waals surface area contributed by atoms with Crippen LogP contribution in [-0.2, 0) is 16.2 Å². The first-order valence-corrected chi connectivity index (χ1v) is 10.4. The van der Waals surface area contributed by atoms with Crippen LogP contribution >= 0.6 is 0 Å². The first-order valence-electron chi connectivity index (χ1n) is 8.79. The maximum Gasteiger partial charge on any atom is 0.433 e. The largest absolute Gasteiger partial charge is 0.433 e. The molecule has 13 heteroatoms. The molecule has 1 amide bonds. The number of nitrogens with zero attached hydrogens (tertiary/aromatic N) is 2. The lowest BCUT2D eigenvalue weighted by molar-refractivity contribution is -0.141. The van der Waals surface area contributed by atoms with Crippen molar-refractivity contribution in [2.75, 3.05) is 15.8 Å². The van der Waals surface area contributed by atoms with Gasteiger partial charge in [-0.15, -0.1) is 0 Å². The van der Waals surface area contributed by atoms with E-state index in [1.54, 1.807) is 0 Å². The predicted octanol–water partition coefficient (Wildman–Crippen LogP) is 3.09. The van der Waals surface area contributed by atoms with Crippen LogP contribution in [0.2, 0.25) is 0 Å². The van der Waals surface area contributed by atoms with Gasteiger partial charge in [-0.25, -0.2) is 8.42 Å². The predicted molar refractivity (Wildman–Crippen MR) is 108 cm³/mol. The number of hydrogen-bond acceptors (Lipinski definition) is 6. The van der Waals surface area contributed by atoms with E-state index < -0.39 is 27.8 Å². The van der Waals surface area contributed by atoms with Crippen molar-refractivity contribution in [1.29, 1.82) is 0 Å². The molecule has 2 heterocycles. The van der Waals surface area contributed by atoms with Gasteiger partial charge in [0.05, 0.1) is 5.75 Å². The maximum absolute atomic E-state index is 12.9. The monoisotopic (exact) mass is 454 g/mol. The Morgan fingerprint density at radius 3 is 2.42 bits per heavy atom. The molecule has 0 saturated carbocycles. The van der Waals surface area contributed by atoms with Crippen molar-refractivity contribution >= 4 is 33.1 Å². The SMILES string of the molecule is CCS(=O)(=O)Nc1ccc(-c2n[nH]c(Nc3ccnc(C(F)(F)F)c3)c2C(N)=O)cc1. The molecule has 31 heavy (non-hydrogen) atoms. The van der Waals surface area contributed by atoms with Gasteiger partial charge in [-0.1, -0.05) is 12.1 Å². The van der Waals surface area contributed by atoms with E-state index in [-0.39, 0.29) is 28.5 Å². The fourth-order valence-corrected chi connectivity index (χ4v) is 3.28. The van der Waals surface area contributed by atoms with Crippen LogP contribution in [0.15, 0.2) is 42.6 Å². The molecule has 0 unspecified atom stereocenters. The van der Waals surface area contributed by atoms with E-state index in [2.05, 4.69) is 25.2 Å². The number of aromatic amines is 1. The van der Waals surface area contributed by atoms with Gasteiger partial charge in [0.2, 0.25) is 10.0 Å². The van der Waals surface area contributed by atoms with Crippen LogP contribution in [0.5, 0.6) is 0 Å². The number of nitrogens with two attached hydrogens (primary N) is 1. The van der Waals surface area contributed by atoms with Gasteiger partial charge >= 0.3 is 6.18 Å². The summed E-state index contributed by atoms with van der Waals surface area (Å²) in [7, 11) is -3.46. The van der Waals surface area contributed by atoms with Gasteiger partial charge in [0, 0.05) is 23.1 Å². The highest BCUT2D eigenvalue weighted by molar-refractivity contribution is 7.92. The molecule has 1 aromatic carbocycles. The molecule has 0 spiro atoms. The number of carbonyl (C=O) groups excluding carboxylic acids is 1. The number of hydrogen-bond donors (Lipinski definition) is 4. The molecule has 0 radical (unpaired) electrons. The zero-order valence-electron chi connectivity index (χ0n) is 16.0. The van der Waals surface area contributed by atoms with E-state index in [1.807, 2.05) is 0 Å². The van der Waals surface area contributed by atoms with Gasteiger partial charge in [0.1, 0.15) is 22.8 Å². The highest BCUT2D eigenvalue weighted by Crippen LogP contribution is 2.32. The number of halogens is 3. The number of amides is 1. The summed E-state index contributed by atoms with van der Waals surface area (Å²) in [4.78, 5) is 15.3. The van der Waals surface area contributed by atoms with Crippen LogP contribution in [-0.4, -0.2) is 35.3 Å². The van der Waals surface area contributed by atoms with Crippen molar-refractivity contribution in [2.45, 2.75) is 13.1 Å². The molecule has 9 nitrogen and oxygen atoms in total. The number of sulfonamides is 1. The lowest BCUT2D eigenvalue weighted by Crippen LogP contribution is -2.14. The molecule has 0 aliphatic rings. The molecule has 5 N–H and O–H groups in total. The standard InChI is InChI=1S/C18H17F3N6O3S/c1-2-31(29,30)27-11-5-3-10(4-6-11)15-14(16(22)28)17(26-25-15)24-12-7-8-23-13(9-12)18(19,20)21/h3-9,27H,2H2,1H3,(H2,22,28)(H2,23,24,25,26). The third-order valence-electron chi connectivity index (χ3n) is 4.14. The molecular formula is C18H17F3N6O3S. The van der Waals surface area contributed by atoms with E-state index in [0.717, 1.165) is 12.3 Å². The smallest absolute Gasteiger partial charge is 0.365 e. The topological polar surface area (TPSA) is 143 Å². The number of carbonyl (C=O) groups is 1. The Labute approximate surface area is 174 Å². The van der Waals surface area contributed by atoms with E-state index in [0.29, 0.717) is 11.3 Å². The highest BCUT2D eigenvalue weighted by Gasteiger charge is 2.32. The molecule has 0 atom stereocenters. The van der Waals surface area contributed by atoms with Crippen LogP contribution in [0, 0.1) is 0 Å². The van der Waals surface area contributed by atoms with Crippen molar-refractivity contribution in [1.82, 2.24) is 15.2 Å². The molecular weight excluding hydrogens is 437 g/mol. The Morgan fingerprint density at radius 2 is 1.84 bits per heavy atom. The normalized spacial score (nSPS) is 11.9. The summed E-state index contributed by atoms with van der Waals surface area (Å²) in [5.74, 6) is -0.968. The van der Waals surface area contributed by atoms with E-state index in [4.69, 9.17) is 5.73 Å². The van der Waals surface area contributed by atoms with E-state index in [9.17, 15) is 26.4 Å². The average molecular weight is 454 g/mol. The summed E-state index contributed by atoms with van der Waals surface area (Å²) in [6.07, 6.45) is -3.66. The zero-order valence-corrected chi connectivity index (χ0v) is 16.8. The third kappa shape index (κ3) is 5.12. The second kappa shape index (κ2) is 8.26. The van der Waals surface area contributed by atoms with Crippen molar-refractivity contribution in [3.8, 4) is 11.3 Å². The number of aromatic nitrogens is 3. The molecule has 164 valence electrons. The fourth-order valence-electron chi connectivity index (χ4n) is 2.64. The Balaban J connectivity index is 1.92. The minimum atomic E-state index is -4.63. The number of anilines is 3. The number of nitrogens with one attached hydrogen (secondary N) is 3. The molecule has 3 rings (SSSR count). The second-order valence-electron chi connectivity index (χ2n) is 6.32. The first-order chi connectivity index (χ1) is 14.5. The zero-order chi connectivity index (χ0) is 22.8. The number of H-pyrrole nitrogens is 1. The minimum Gasteiger partial charge on any atom is -0.365 e. The van der Waals surface area contributed by atoms with Gasteiger partial charge in [0.25, 0.3) is 5.91 Å². The summed E-state index contributed by atoms with van der Waals surface area (Å²) < 4.78 is 64.3. The van der Waals surface area contributed by atoms with Gasteiger partial charge in [-0.3, -0.25) is 19.6 Å². The Kier molecular flexibility index (Phi) is 5.88. The number of rotatable bonds is 7. The number of primary amides is 1. The fraction of sp³-hybridized carbons (Fsp3) is 0.167. The molecule has 0 bridgehead atoms. The maximum atomic E-state index is 12.9. The average Bonchev–Trinajstić information content (AvgIpc) is 3.11. The molecule has 0 fully saturated rings. The van der Waals surface area contributed by atoms with Gasteiger partial charge < -0.3 is 11.1 Å². The van der Waals surface area contributed by atoms with Crippen molar-refractivity contribution in [2.24, 2.45) is 5.73 Å². The van der Waals surface area contributed by atoms with Crippen LogP contribution in [0.3, 0.4) is 0 Å².